The van der Waals surface area contributed by atoms with Gasteiger partial charge in [0.2, 0.25) is 11.1 Å². The zero-order valence-electron chi connectivity index (χ0n) is 14.5. The van der Waals surface area contributed by atoms with Gasteiger partial charge in [0, 0.05) is 11.3 Å². The quantitative estimate of drug-likeness (QED) is 0.678. The van der Waals surface area contributed by atoms with E-state index in [1.807, 2.05) is 63.2 Å². The number of aryl methyl sites for hydroxylation is 3. The van der Waals surface area contributed by atoms with Crippen molar-refractivity contribution in [2.75, 3.05) is 11.1 Å². The summed E-state index contributed by atoms with van der Waals surface area (Å²) in [5.41, 5.74) is 5.32. The van der Waals surface area contributed by atoms with Gasteiger partial charge in [0.25, 0.3) is 0 Å². The van der Waals surface area contributed by atoms with Gasteiger partial charge in [0.15, 0.2) is 5.82 Å². The lowest BCUT2D eigenvalue weighted by atomic mass is 10.1. The summed E-state index contributed by atoms with van der Waals surface area (Å²) in [6.07, 6.45) is 0. The van der Waals surface area contributed by atoms with Crippen molar-refractivity contribution >= 4 is 23.4 Å². The summed E-state index contributed by atoms with van der Waals surface area (Å²) in [4.78, 5) is 16.5. The second-order valence-corrected chi connectivity index (χ2v) is 6.91. The number of hydrogen-bond acceptors (Lipinski definition) is 4. The smallest absolute Gasteiger partial charge is 0.234 e. The molecule has 0 radical (unpaired) electrons. The maximum Gasteiger partial charge on any atom is 0.234 e. The first-order chi connectivity index (χ1) is 12.0. The van der Waals surface area contributed by atoms with Gasteiger partial charge in [0.1, 0.15) is 0 Å². The Labute approximate surface area is 151 Å². The van der Waals surface area contributed by atoms with Crippen LogP contribution in [0, 0.1) is 20.8 Å². The molecule has 0 unspecified atom stereocenters. The van der Waals surface area contributed by atoms with E-state index < -0.39 is 0 Å². The number of anilines is 1. The number of aromatic nitrogens is 3. The minimum atomic E-state index is -0.0739. The van der Waals surface area contributed by atoms with Crippen LogP contribution in [0.25, 0.3) is 11.4 Å². The molecule has 0 bridgehead atoms. The zero-order valence-corrected chi connectivity index (χ0v) is 15.3. The molecular formula is C19H20N4OS. The SMILES string of the molecule is Cc1cccc(-c2nc(SCC(=O)Nc3ccc(C)c(C)c3)n[nH]2)c1. The lowest BCUT2D eigenvalue weighted by Crippen LogP contribution is -2.14. The number of nitrogens with zero attached hydrogens (tertiary/aromatic N) is 2. The summed E-state index contributed by atoms with van der Waals surface area (Å²) < 4.78 is 0. The second-order valence-electron chi connectivity index (χ2n) is 5.97. The van der Waals surface area contributed by atoms with Crippen LogP contribution in [0.1, 0.15) is 16.7 Å². The van der Waals surface area contributed by atoms with Gasteiger partial charge in [-0.05, 0) is 50.1 Å². The molecule has 6 heteroatoms. The average molecular weight is 352 g/mol. The minimum absolute atomic E-state index is 0.0739. The maximum atomic E-state index is 12.1. The molecule has 1 amide bonds. The summed E-state index contributed by atoms with van der Waals surface area (Å²) >= 11 is 1.31. The van der Waals surface area contributed by atoms with Crippen molar-refractivity contribution < 1.29 is 4.79 Å². The summed E-state index contributed by atoms with van der Waals surface area (Å²) in [7, 11) is 0. The molecule has 0 fully saturated rings. The highest BCUT2D eigenvalue weighted by Gasteiger charge is 2.09. The second kappa shape index (κ2) is 7.53. The molecule has 0 saturated heterocycles. The molecule has 3 aromatic rings. The molecule has 0 aliphatic heterocycles. The Bertz CT molecular complexity index is 904. The van der Waals surface area contributed by atoms with Crippen LogP contribution in [0.4, 0.5) is 5.69 Å². The predicted molar refractivity (Wildman–Crippen MR) is 102 cm³/mol. The fourth-order valence-corrected chi connectivity index (χ4v) is 2.98. The molecule has 0 atom stereocenters. The first-order valence-electron chi connectivity index (χ1n) is 8.00. The third-order valence-corrected chi connectivity index (χ3v) is 4.73. The molecule has 0 saturated carbocycles. The van der Waals surface area contributed by atoms with Gasteiger partial charge in [-0.3, -0.25) is 9.89 Å². The van der Waals surface area contributed by atoms with Crippen molar-refractivity contribution in [3.8, 4) is 11.4 Å². The number of thioether (sulfide) groups is 1. The largest absolute Gasteiger partial charge is 0.325 e. The van der Waals surface area contributed by atoms with E-state index in [0.717, 1.165) is 22.4 Å². The molecule has 25 heavy (non-hydrogen) atoms. The van der Waals surface area contributed by atoms with E-state index >= 15 is 0 Å². The number of hydrogen-bond donors (Lipinski definition) is 2. The highest BCUT2D eigenvalue weighted by molar-refractivity contribution is 7.99. The van der Waals surface area contributed by atoms with Crippen LogP contribution in [0.3, 0.4) is 0 Å². The van der Waals surface area contributed by atoms with Gasteiger partial charge in [-0.15, -0.1) is 5.10 Å². The Morgan fingerprint density at radius 2 is 1.96 bits per heavy atom. The van der Waals surface area contributed by atoms with Crippen LogP contribution in [-0.2, 0) is 4.79 Å². The fourth-order valence-electron chi connectivity index (χ4n) is 2.38. The third-order valence-electron chi connectivity index (χ3n) is 3.88. The Balaban J connectivity index is 1.58. The van der Waals surface area contributed by atoms with E-state index in [0.29, 0.717) is 11.0 Å². The number of benzene rings is 2. The number of carbonyl (C=O) groups is 1. The minimum Gasteiger partial charge on any atom is -0.325 e. The molecule has 0 aliphatic rings. The van der Waals surface area contributed by atoms with Crippen LogP contribution in [-0.4, -0.2) is 26.8 Å². The Hall–Kier alpha value is -2.60. The number of rotatable bonds is 5. The molecule has 5 nitrogen and oxygen atoms in total. The Kier molecular flexibility index (Phi) is 5.19. The van der Waals surface area contributed by atoms with Gasteiger partial charge in [-0.2, -0.15) is 0 Å². The van der Waals surface area contributed by atoms with E-state index in [2.05, 4.69) is 20.5 Å². The summed E-state index contributed by atoms with van der Waals surface area (Å²) in [5.74, 6) is 0.897. The van der Waals surface area contributed by atoms with E-state index in [1.165, 1.54) is 17.3 Å². The number of aromatic amines is 1. The Morgan fingerprint density at radius 1 is 1.12 bits per heavy atom. The van der Waals surface area contributed by atoms with Crippen LogP contribution >= 0.6 is 11.8 Å². The Morgan fingerprint density at radius 3 is 2.72 bits per heavy atom. The highest BCUT2D eigenvalue weighted by Crippen LogP contribution is 2.20. The average Bonchev–Trinajstić information content (AvgIpc) is 3.05. The third kappa shape index (κ3) is 4.48. The molecule has 0 spiro atoms. The first kappa shape index (κ1) is 17.2. The van der Waals surface area contributed by atoms with Crippen molar-refractivity contribution in [3.63, 3.8) is 0 Å². The van der Waals surface area contributed by atoms with Gasteiger partial charge in [0.05, 0.1) is 5.75 Å². The fraction of sp³-hybridized carbons (Fsp3) is 0.211. The monoisotopic (exact) mass is 352 g/mol. The summed E-state index contributed by atoms with van der Waals surface area (Å²) in [6.45, 7) is 6.11. The molecule has 2 N–H and O–H groups in total. The number of H-pyrrole nitrogens is 1. The van der Waals surface area contributed by atoms with Crippen molar-refractivity contribution in [2.45, 2.75) is 25.9 Å². The molecular weight excluding hydrogens is 332 g/mol. The molecule has 128 valence electrons. The van der Waals surface area contributed by atoms with Crippen molar-refractivity contribution in [2.24, 2.45) is 0 Å². The number of amides is 1. The highest BCUT2D eigenvalue weighted by atomic mass is 32.2. The predicted octanol–water partition coefficient (Wildman–Crippen LogP) is 4.13. The summed E-state index contributed by atoms with van der Waals surface area (Å²) in [5, 5.41) is 10.6. The zero-order chi connectivity index (χ0) is 17.8. The number of carbonyl (C=O) groups excluding carboxylic acids is 1. The lowest BCUT2D eigenvalue weighted by molar-refractivity contribution is -0.113. The van der Waals surface area contributed by atoms with Crippen LogP contribution in [0.15, 0.2) is 47.6 Å². The van der Waals surface area contributed by atoms with Crippen LogP contribution in [0.5, 0.6) is 0 Å². The molecule has 0 aliphatic carbocycles. The molecule has 1 heterocycles. The molecule has 2 aromatic carbocycles. The van der Waals surface area contributed by atoms with E-state index in [4.69, 9.17) is 0 Å². The van der Waals surface area contributed by atoms with E-state index in [9.17, 15) is 4.79 Å². The normalized spacial score (nSPS) is 10.7. The van der Waals surface area contributed by atoms with Crippen molar-refractivity contribution in [3.05, 3.63) is 59.2 Å². The topological polar surface area (TPSA) is 70.7 Å². The first-order valence-corrected chi connectivity index (χ1v) is 8.99. The van der Waals surface area contributed by atoms with Gasteiger partial charge < -0.3 is 5.32 Å². The van der Waals surface area contributed by atoms with Crippen LogP contribution in [0.2, 0.25) is 0 Å². The molecule has 3 rings (SSSR count). The van der Waals surface area contributed by atoms with Crippen LogP contribution < -0.4 is 5.32 Å². The van der Waals surface area contributed by atoms with E-state index in [-0.39, 0.29) is 11.7 Å². The van der Waals surface area contributed by atoms with Gasteiger partial charge in [-0.1, -0.05) is 41.6 Å². The lowest BCUT2D eigenvalue weighted by Gasteiger charge is -2.06. The van der Waals surface area contributed by atoms with Gasteiger partial charge in [-0.25, -0.2) is 4.98 Å². The maximum absolute atomic E-state index is 12.1. The molecule has 1 aromatic heterocycles. The van der Waals surface area contributed by atoms with Crippen molar-refractivity contribution in [1.82, 2.24) is 15.2 Å². The number of nitrogens with one attached hydrogen (secondary N) is 2. The van der Waals surface area contributed by atoms with E-state index in [1.54, 1.807) is 0 Å². The van der Waals surface area contributed by atoms with Crippen molar-refractivity contribution in [1.29, 1.82) is 0 Å². The summed E-state index contributed by atoms with van der Waals surface area (Å²) in [6, 6.07) is 13.9. The van der Waals surface area contributed by atoms with Gasteiger partial charge >= 0.3 is 0 Å². The standard InChI is InChI=1S/C19H20N4OS/c1-12-5-4-6-15(9-12)18-21-19(23-22-18)25-11-17(24)20-16-8-7-13(2)14(3)10-16/h4-10H,11H2,1-3H3,(H,20,24)(H,21,22,23).